The molecule has 0 saturated heterocycles. The lowest BCUT2D eigenvalue weighted by Crippen LogP contribution is -2.25. The number of benzene rings is 1. The summed E-state index contributed by atoms with van der Waals surface area (Å²) in [5, 5.41) is 6.67. The number of carbonyl (C=O) groups is 2. The number of hydrogen-bond acceptors (Lipinski definition) is 4. The van der Waals surface area contributed by atoms with Crippen molar-refractivity contribution < 1.29 is 9.59 Å². The van der Waals surface area contributed by atoms with Gasteiger partial charge in [0.2, 0.25) is 0 Å². The van der Waals surface area contributed by atoms with Crippen molar-refractivity contribution >= 4 is 17.5 Å². The van der Waals surface area contributed by atoms with Gasteiger partial charge in [-0.15, -0.1) is 10.2 Å². The molecule has 2 rings (SSSR count). The minimum Gasteiger partial charge on any atom is -0.372 e. The van der Waals surface area contributed by atoms with Gasteiger partial charge in [-0.05, 0) is 44.5 Å². The van der Waals surface area contributed by atoms with Crippen LogP contribution in [0.1, 0.15) is 40.5 Å². The highest BCUT2D eigenvalue weighted by atomic mass is 16.2. The molecule has 6 heteroatoms. The van der Waals surface area contributed by atoms with Crippen molar-refractivity contribution in [3.63, 3.8) is 0 Å². The van der Waals surface area contributed by atoms with Crippen molar-refractivity contribution in [3.05, 3.63) is 29.3 Å². The molecule has 0 unspecified atom stereocenters. The van der Waals surface area contributed by atoms with Crippen molar-refractivity contribution in [2.75, 3.05) is 24.5 Å². The minimum atomic E-state index is -0.461. The number of fused-ring (bicyclic) bond motifs is 1. The molecule has 1 aliphatic heterocycles. The predicted octanol–water partition coefficient (Wildman–Crippen LogP) is 2.00. The van der Waals surface area contributed by atoms with Crippen molar-refractivity contribution in [2.24, 2.45) is 16.0 Å². The van der Waals surface area contributed by atoms with Gasteiger partial charge in [-0.2, -0.15) is 0 Å². The van der Waals surface area contributed by atoms with Crippen LogP contribution in [-0.2, 0) is 0 Å². The van der Waals surface area contributed by atoms with Crippen LogP contribution in [0.5, 0.6) is 0 Å². The van der Waals surface area contributed by atoms with Crippen LogP contribution in [0.3, 0.4) is 0 Å². The van der Waals surface area contributed by atoms with Crippen LogP contribution >= 0.6 is 0 Å². The molecule has 2 amide bonds. The van der Waals surface area contributed by atoms with Gasteiger partial charge in [0.1, 0.15) is 0 Å². The van der Waals surface area contributed by atoms with Crippen LogP contribution in [0.2, 0.25) is 0 Å². The van der Waals surface area contributed by atoms with E-state index in [0.29, 0.717) is 17.7 Å². The van der Waals surface area contributed by atoms with Gasteiger partial charge in [0.25, 0.3) is 11.8 Å². The van der Waals surface area contributed by atoms with Gasteiger partial charge >= 0.3 is 0 Å². The number of nitrogens with zero attached hydrogens (tertiary/aromatic N) is 3. The van der Waals surface area contributed by atoms with E-state index in [0.717, 1.165) is 31.6 Å². The van der Waals surface area contributed by atoms with Crippen LogP contribution in [0.25, 0.3) is 0 Å². The molecule has 0 fully saturated rings. The molecule has 20 heavy (non-hydrogen) atoms. The van der Waals surface area contributed by atoms with E-state index in [1.165, 1.54) is 0 Å². The minimum absolute atomic E-state index is 0.326. The Morgan fingerprint density at radius 2 is 1.80 bits per heavy atom. The summed E-state index contributed by atoms with van der Waals surface area (Å²) < 4.78 is 0. The third kappa shape index (κ3) is 2.91. The third-order valence-corrected chi connectivity index (χ3v) is 3.32. The number of rotatable bonds is 6. The highest BCUT2D eigenvalue weighted by Gasteiger charge is 2.22. The van der Waals surface area contributed by atoms with Crippen LogP contribution in [0.15, 0.2) is 28.4 Å². The summed E-state index contributed by atoms with van der Waals surface area (Å²) in [6.07, 6.45) is 1.96. The van der Waals surface area contributed by atoms with Gasteiger partial charge in [0, 0.05) is 18.8 Å². The average molecular weight is 274 g/mol. The molecular formula is C14H18N4O2. The van der Waals surface area contributed by atoms with Crippen LogP contribution in [0, 0.1) is 0 Å². The zero-order valence-electron chi connectivity index (χ0n) is 11.5. The summed E-state index contributed by atoms with van der Waals surface area (Å²) >= 11 is 0. The maximum Gasteiger partial charge on any atom is 0.296 e. The second-order valence-electron chi connectivity index (χ2n) is 4.62. The van der Waals surface area contributed by atoms with Gasteiger partial charge in [-0.1, -0.05) is 0 Å². The Kier molecular flexibility index (Phi) is 4.57. The number of unbranched alkanes of at least 4 members (excludes halogenated alkanes) is 1. The van der Waals surface area contributed by atoms with Gasteiger partial charge in [-0.3, -0.25) is 9.59 Å². The van der Waals surface area contributed by atoms with Gasteiger partial charge in [0.05, 0.1) is 11.1 Å². The fourth-order valence-electron chi connectivity index (χ4n) is 2.21. The molecule has 0 radical (unpaired) electrons. The molecule has 0 atom stereocenters. The lowest BCUT2D eigenvalue weighted by atomic mass is 10.0. The molecule has 0 aromatic heterocycles. The summed E-state index contributed by atoms with van der Waals surface area (Å²) in [5.74, 6) is -0.920. The first kappa shape index (κ1) is 14.3. The van der Waals surface area contributed by atoms with E-state index in [4.69, 9.17) is 5.73 Å². The molecule has 0 bridgehead atoms. The highest BCUT2D eigenvalue weighted by Crippen LogP contribution is 2.24. The molecule has 0 saturated carbocycles. The summed E-state index contributed by atoms with van der Waals surface area (Å²) in [6.45, 7) is 4.42. The van der Waals surface area contributed by atoms with Crippen molar-refractivity contribution in [3.8, 4) is 0 Å². The summed E-state index contributed by atoms with van der Waals surface area (Å²) in [5.41, 5.74) is 7.07. The van der Waals surface area contributed by atoms with E-state index in [9.17, 15) is 9.59 Å². The molecule has 0 spiro atoms. The van der Waals surface area contributed by atoms with Gasteiger partial charge < -0.3 is 10.6 Å². The molecule has 1 heterocycles. The Morgan fingerprint density at radius 1 is 1.10 bits per heavy atom. The van der Waals surface area contributed by atoms with Crippen molar-refractivity contribution in [1.82, 2.24) is 0 Å². The fourth-order valence-corrected chi connectivity index (χ4v) is 2.21. The molecule has 6 nitrogen and oxygen atoms in total. The normalized spacial score (nSPS) is 13.5. The van der Waals surface area contributed by atoms with Gasteiger partial charge in [-0.25, -0.2) is 0 Å². The largest absolute Gasteiger partial charge is 0.372 e. The monoisotopic (exact) mass is 274 g/mol. The number of carbonyl (C=O) groups excluding carboxylic acids is 2. The Morgan fingerprint density at radius 3 is 2.45 bits per heavy atom. The topological polar surface area (TPSA) is 88.1 Å². The fraction of sp³-hybridized carbons (Fsp3) is 0.429. The number of anilines is 1. The number of hydrogen-bond donors (Lipinski definition) is 1. The molecule has 0 aliphatic carbocycles. The Bertz CT molecular complexity index is 554. The van der Waals surface area contributed by atoms with E-state index in [1.54, 1.807) is 12.1 Å². The van der Waals surface area contributed by atoms with Crippen LogP contribution in [-0.4, -0.2) is 31.4 Å². The Labute approximate surface area is 117 Å². The summed E-state index contributed by atoms with van der Waals surface area (Å²) in [7, 11) is 0. The molecule has 1 aromatic rings. The van der Waals surface area contributed by atoms with E-state index >= 15 is 0 Å². The molecule has 2 N–H and O–H groups in total. The van der Waals surface area contributed by atoms with Gasteiger partial charge in [0.15, 0.2) is 0 Å². The second kappa shape index (κ2) is 6.38. The summed E-state index contributed by atoms with van der Waals surface area (Å²) in [4.78, 5) is 25.4. The van der Waals surface area contributed by atoms with Crippen LogP contribution < -0.4 is 10.6 Å². The number of azo groups is 1. The SMILES string of the molecule is CCN(CCCCN)c1ccc2c(c1)C(=O)N=NC2=O. The maximum absolute atomic E-state index is 11.7. The Hall–Kier alpha value is -2.08. The maximum atomic E-state index is 11.7. The van der Waals surface area contributed by atoms with E-state index in [1.807, 2.05) is 6.07 Å². The highest BCUT2D eigenvalue weighted by molar-refractivity contribution is 6.11. The molecule has 1 aliphatic rings. The summed E-state index contributed by atoms with van der Waals surface area (Å²) in [6, 6.07) is 5.21. The molecule has 106 valence electrons. The average Bonchev–Trinajstić information content (AvgIpc) is 2.47. The molecular weight excluding hydrogens is 256 g/mol. The Balaban J connectivity index is 2.24. The second-order valence-corrected chi connectivity index (χ2v) is 4.62. The van der Waals surface area contributed by atoms with Crippen molar-refractivity contribution in [2.45, 2.75) is 19.8 Å². The first-order valence-electron chi connectivity index (χ1n) is 6.76. The number of amides is 2. The zero-order valence-corrected chi connectivity index (χ0v) is 11.5. The predicted molar refractivity (Wildman–Crippen MR) is 76.1 cm³/mol. The smallest absolute Gasteiger partial charge is 0.296 e. The third-order valence-electron chi connectivity index (χ3n) is 3.32. The van der Waals surface area contributed by atoms with Crippen LogP contribution in [0.4, 0.5) is 5.69 Å². The quantitative estimate of drug-likeness (QED) is 0.803. The standard InChI is InChI=1S/C14H18N4O2/c1-2-18(8-4-3-7-15)10-5-6-11-12(9-10)14(20)17-16-13(11)19/h5-6,9H,2-4,7-8,15H2,1H3. The molecule has 1 aromatic carbocycles. The lowest BCUT2D eigenvalue weighted by molar-refractivity contribution is 0.0921. The van der Waals surface area contributed by atoms with E-state index in [-0.39, 0.29) is 0 Å². The van der Waals surface area contributed by atoms with Crippen molar-refractivity contribution in [1.29, 1.82) is 0 Å². The van der Waals surface area contributed by atoms with E-state index < -0.39 is 11.8 Å². The zero-order chi connectivity index (χ0) is 14.5. The first-order chi connectivity index (χ1) is 9.67. The number of nitrogens with two attached hydrogens (primary N) is 1. The lowest BCUT2D eigenvalue weighted by Gasteiger charge is -2.24. The van der Waals surface area contributed by atoms with E-state index in [2.05, 4.69) is 22.1 Å². The first-order valence-corrected chi connectivity index (χ1v) is 6.76.